The van der Waals surface area contributed by atoms with E-state index in [1.807, 2.05) is 0 Å². The van der Waals surface area contributed by atoms with Crippen molar-refractivity contribution in [1.29, 1.82) is 0 Å². The zero-order chi connectivity index (χ0) is 8.20. The van der Waals surface area contributed by atoms with E-state index in [1.54, 1.807) is 0 Å². The normalized spacial score (nSPS) is 13.5. The molecule has 0 radical (unpaired) electrons. The van der Waals surface area contributed by atoms with Crippen molar-refractivity contribution in [3.8, 4) is 0 Å². The molecule has 10 heavy (non-hydrogen) atoms. The van der Waals surface area contributed by atoms with Crippen LogP contribution in [0.15, 0.2) is 11.5 Å². The summed E-state index contributed by atoms with van der Waals surface area (Å²) in [5, 5.41) is 0. The lowest BCUT2D eigenvalue weighted by atomic mass is 9.60. The Bertz CT molecular complexity index is 117. The molecule has 58 valence electrons. The van der Waals surface area contributed by atoms with Crippen LogP contribution in [0.5, 0.6) is 0 Å². The van der Waals surface area contributed by atoms with Crippen LogP contribution in [0.2, 0.25) is 6.32 Å². The van der Waals surface area contributed by atoms with Gasteiger partial charge in [0.1, 0.15) is 0 Å². The van der Waals surface area contributed by atoms with Gasteiger partial charge < -0.3 is 0 Å². The maximum Gasteiger partial charge on any atom is 0.152 e. The van der Waals surface area contributed by atoms with Crippen molar-refractivity contribution in [2.75, 3.05) is 0 Å². The Labute approximate surface area is 66.0 Å². The van der Waals surface area contributed by atoms with Crippen molar-refractivity contribution in [3.05, 3.63) is 11.5 Å². The molecule has 0 fully saturated rings. The molecular weight excluding hydrogens is 119 g/mol. The fourth-order valence-corrected chi connectivity index (χ4v) is 0.717. The van der Waals surface area contributed by atoms with Gasteiger partial charge in [-0.25, -0.2) is 0 Å². The number of hydrogen-bond donors (Lipinski definition) is 0. The highest BCUT2D eigenvalue weighted by atomic mass is 14.1. The van der Waals surface area contributed by atoms with Gasteiger partial charge in [0, 0.05) is 0 Å². The maximum absolute atomic E-state index is 2.29. The Kier molecular flexibility index (Phi) is 3.77. The van der Waals surface area contributed by atoms with Gasteiger partial charge in [-0.1, -0.05) is 40.1 Å². The number of hydrogen-bond acceptors (Lipinski definition) is 0. The second kappa shape index (κ2) is 3.85. The van der Waals surface area contributed by atoms with Crippen LogP contribution in [-0.4, -0.2) is 7.28 Å². The van der Waals surface area contributed by atoms with E-state index in [2.05, 4.69) is 40.7 Å². The summed E-state index contributed by atoms with van der Waals surface area (Å²) < 4.78 is 0. The summed E-state index contributed by atoms with van der Waals surface area (Å²) in [6.07, 6.45) is 3.49. The van der Waals surface area contributed by atoms with Gasteiger partial charge in [-0.05, 0) is 12.3 Å². The van der Waals surface area contributed by atoms with E-state index in [9.17, 15) is 0 Å². The highest BCUT2D eigenvalue weighted by Crippen LogP contribution is 2.19. The molecule has 0 aliphatic rings. The molecule has 0 aliphatic carbocycles. The molecule has 0 amide bonds. The minimum absolute atomic E-state index is 0.490. The van der Waals surface area contributed by atoms with Crippen molar-refractivity contribution in [2.24, 2.45) is 5.41 Å². The topological polar surface area (TPSA) is 0 Å². The quantitative estimate of drug-likeness (QED) is 0.514. The molecular formula is C9H19B. The first kappa shape index (κ1) is 9.80. The standard InChI is InChI=1S/C9H19B/c1-6-8(2)10-7-9(3,4)5/h6,10H,7H2,1-5H3/b8-6+. The maximum atomic E-state index is 2.29. The molecule has 0 saturated carbocycles. The second-order valence-electron chi connectivity index (χ2n) is 4.20. The van der Waals surface area contributed by atoms with E-state index in [0.717, 1.165) is 0 Å². The Morgan fingerprint density at radius 2 is 1.90 bits per heavy atom. The molecule has 0 nitrogen and oxygen atoms in total. The van der Waals surface area contributed by atoms with Crippen molar-refractivity contribution < 1.29 is 0 Å². The SMILES string of the molecule is C/C=C(\C)BCC(C)(C)C. The molecule has 0 aliphatic heterocycles. The zero-order valence-electron chi connectivity index (χ0n) is 7.99. The van der Waals surface area contributed by atoms with Crippen LogP contribution >= 0.6 is 0 Å². The highest BCUT2D eigenvalue weighted by Gasteiger charge is 2.09. The fourth-order valence-electron chi connectivity index (χ4n) is 0.717. The first-order valence-corrected chi connectivity index (χ1v) is 4.07. The minimum atomic E-state index is 0.490. The molecule has 0 heterocycles. The lowest BCUT2D eigenvalue weighted by Crippen LogP contribution is -2.09. The van der Waals surface area contributed by atoms with Crippen LogP contribution in [0.1, 0.15) is 34.6 Å². The average Bonchev–Trinajstić information content (AvgIpc) is 1.81. The van der Waals surface area contributed by atoms with Gasteiger partial charge in [-0.15, -0.1) is 5.47 Å². The van der Waals surface area contributed by atoms with Crippen LogP contribution in [0, 0.1) is 5.41 Å². The van der Waals surface area contributed by atoms with Gasteiger partial charge in [0.25, 0.3) is 0 Å². The Hall–Kier alpha value is -0.195. The van der Waals surface area contributed by atoms with E-state index in [-0.39, 0.29) is 0 Å². The largest absolute Gasteiger partial charge is 0.152 e. The van der Waals surface area contributed by atoms with Crippen molar-refractivity contribution in [2.45, 2.75) is 40.9 Å². The number of rotatable bonds is 2. The molecule has 0 saturated heterocycles. The predicted molar refractivity (Wildman–Crippen MR) is 50.8 cm³/mol. The highest BCUT2D eigenvalue weighted by molar-refractivity contribution is 6.45. The van der Waals surface area contributed by atoms with Crippen molar-refractivity contribution in [1.82, 2.24) is 0 Å². The summed E-state index contributed by atoms with van der Waals surface area (Å²) in [4.78, 5) is 0. The van der Waals surface area contributed by atoms with Crippen LogP contribution in [0.3, 0.4) is 0 Å². The summed E-state index contributed by atoms with van der Waals surface area (Å²) >= 11 is 0. The van der Waals surface area contributed by atoms with Crippen LogP contribution in [0.25, 0.3) is 0 Å². The second-order valence-corrected chi connectivity index (χ2v) is 4.20. The first-order chi connectivity index (χ1) is 4.45. The van der Waals surface area contributed by atoms with E-state index in [1.165, 1.54) is 19.1 Å². The molecule has 0 aromatic carbocycles. The van der Waals surface area contributed by atoms with E-state index < -0.39 is 0 Å². The fraction of sp³-hybridized carbons (Fsp3) is 0.778. The van der Waals surface area contributed by atoms with Crippen LogP contribution in [-0.2, 0) is 0 Å². The lowest BCUT2D eigenvalue weighted by molar-refractivity contribution is 0.467. The number of allylic oxidation sites excluding steroid dienone is 2. The minimum Gasteiger partial charge on any atom is -0.113 e. The lowest BCUT2D eigenvalue weighted by Gasteiger charge is -2.16. The van der Waals surface area contributed by atoms with E-state index in [4.69, 9.17) is 0 Å². The molecule has 0 atom stereocenters. The third kappa shape index (κ3) is 5.93. The molecule has 0 bridgehead atoms. The molecule has 0 rings (SSSR count). The third-order valence-corrected chi connectivity index (χ3v) is 1.76. The predicted octanol–water partition coefficient (Wildman–Crippen LogP) is 2.81. The van der Waals surface area contributed by atoms with E-state index in [0.29, 0.717) is 5.41 Å². The van der Waals surface area contributed by atoms with Gasteiger partial charge in [0.2, 0.25) is 0 Å². The monoisotopic (exact) mass is 138 g/mol. The summed E-state index contributed by atoms with van der Waals surface area (Å²) in [5.74, 6) is 0. The van der Waals surface area contributed by atoms with E-state index >= 15 is 0 Å². The van der Waals surface area contributed by atoms with Crippen molar-refractivity contribution in [3.63, 3.8) is 0 Å². The molecule has 0 N–H and O–H groups in total. The summed E-state index contributed by atoms with van der Waals surface area (Å²) in [6, 6.07) is 0. The van der Waals surface area contributed by atoms with Crippen LogP contribution < -0.4 is 0 Å². The summed E-state index contributed by atoms with van der Waals surface area (Å²) in [6.45, 7) is 11.2. The Balaban J connectivity index is 3.56. The molecule has 0 aromatic rings. The summed E-state index contributed by atoms with van der Waals surface area (Å²) in [5.41, 5.74) is 2.00. The van der Waals surface area contributed by atoms with Crippen molar-refractivity contribution >= 4 is 7.28 Å². The Morgan fingerprint density at radius 1 is 1.40 bits per heavy atom. The van der Waals surface area contributed by atoms with Gasteiger partial charge in [0.05, 0.1) is 0 Å². The van der Waals surface area contributed by atoms with Crippen LogP contribution in [0.4, 0.5) is 0 Å². The third-order valence-electron chi connectivity index (χ3n) is 1.76. The zero-order valence-corrected chi connectivity index (χ0v) is 7.99. The molecule has 0 unspecified atom stereocenters. The summed E-state index contributed by atoms with van der Waals surface area (Å²) in [7, 11) is 1.25. The smallest absolute Gasteiger partial charge is 0.113 e. The molecule has 1 heteroatoms. The van der Waals surface area contributed by atoms with Gasteiger partial charge in [0.15, 0.2) is 7.28 Å². The molecule has 0 spiro atoms. The molecule has 0 aromatic heterocycles. The van der Waals surface area contributed by atoms with Gasteiger partial charge in [-0.3, -0.25) is 0 Å². The van der Waals surface area contributed by atoms with Gasteiger partial charge in [-0.2, -0.15) is 0 Å². The Morgan fingerprint density at radius 3 is 2.20 bits per heavy atom. The average molecular weight is 138 g/mol. The van der Waals surface area contributed by atoms with Gasteiger partial charge >= 0.3 is 0 Å². The first-order valence-electron chi connectivity index (χ1n) is 4.07.